The third-order valence-electron chi connectivity index (χ3n) is 3.51. The summed E-state index contributed by atoms with van der Waals surface area (Å²) in [5.74, 6) is -1.04. The SMILES string of the molecule is O=C1CC(c2cc(Br)cs2)C(c2cccc(Cl)c2)C(=O)N1. The van der Waals surface area contributed by atoms with Crippen LogP contribution in [0.15, 0.2) is 40.2 Å². The normalized spacial score (nSPS) is 22.2. The van der Waals surface area contributed by atoms with E-state index in [4.69, 9.17) is 11.6 Å². The van der Waals surface area contributed by atoms with Gasteiger partial charge in [-0.15, -0.1) is 11.3 Å². The number of thiophene rings is 1. The van der Waals surface area contributed by atoms with Gasteiger partial charge >= 0.3 is 0 Å². The number of halogens is 2. The van der Waals surface area contributed by atoms with E-state index in [0.29, 0.717) is 11.4 Å². The second-order valence-electron chi connectivity index (χ2n) is 4.92. The Hall–Kier alpha value is -1.17. The molecule has 6 heteroatoms. The Kier molecular flexibility index (Phi) is 4.15. The Balaban J connectivity index is 2.04. The minimum absolute atomic E-state index is 0.152. The van der Waals surface area contributed by atoms with Crippen LogP contribution in [0.5, 0.6) is 0 Å². The van der Waals surface area contributed by atoms with Gasteiger partial charge in [-0.25, -0.2) is 0 Å². The molecular formula is C15H11BrClNO2S. The van der Waals surface area contributed by atoms with E-state index in [1.807, 2.05) is 23.6 Å². The topological polar surface area (TPSA) is 46.2 Å². The van der Waals surface area contributed by atoms with E-state index in [1.54, 1.807) is 23.5 Å². The van der Waals surface area contributed by atoms with Gasteiger partial charge in [0.15, 0.2) is 0 Å². The first-order valence-electron chi connectivity index (χ1n) is 6.37. The van der Waals surface area contributed by atoms with Crippen LogP contribution in [0.2, 0.25) is 5.02 Å². The predicted molar refractivity (Wildman–Crippen MR) is 86.7 cm³/mol. The average Bonchev–Trinajstić information content (AvgIpc) is 2.84. The van der Waals surface area contributed by atoms with Crippen LogP contribution in [-0.2, 0) is 9.59 Å². The molecule has 21 heavy (non-hydrogen) atoms. The number of carbonyl (C=O) groups excluding carboxylic acids is 2. The van der Waals surface area contributed by atoms with E-state index in [1.165, 1.54) is 0 Å². The number of nitrogens with one attached hydrogen (secondary N) is 1. The minimum Gasteiger partial charge on any atom is -0.296 e. The fourth-order valence-corrected chi connectivity index (χ4v) is 4.42. The van der Waals surface area contributed by atoms with Crippen LogP contribution in [0.4, 0.5) is 0 Å². The van der Waals surface area contributed by atoms with Gasteiger partial charge in [-0.2, -0.15) is 0 Å². The van der Waals surface area contributed by atoms with Crippen molar-refractivity contribution >= 4 is 50.7 Å². The Morgan fingerprint density at radius 1 is 1.29 bits per heavy atom. The summed E-state index contributed by atoms with van der Waals surface area (Å²) in [6.45, 7) is 0. The third-order valence-corrected chi connectivity index (χ3v) is 5.57. The Labute approximate surface area is 139 Å². The molecule has 2 unspecified atom stereocenters. The van der Waals surface area contributed by atoms with E-state index in [-0.39, 0.29) is 17.7 Å². The first kappa shape index (κ1) is 14.8. The van der Waals surface area contributed by atoms with Gasteiger partial charge in [0.25, 0.3) is 0 Å². The van der Waals surface area contributed by atoms with Gasteiger partial charge in [-0.1, -0.05) is 23.7 Å². The number of benzene rings is 1. The molecule has 1 fully saturated rings. The molecule has 1 saturated heterocycles. The molecule has 1 N–H and O–H groups in total. The number of hydrogen-bond acceptors (Lipinski definition) is 3. The van der Waals surface area contributed by atoms with Crippen LogP contribution in [-0.4, -0.2) is 11.8 Å². The minimum atomic E-state index is -0.396. The zero-order chi connectivity index (χ0) is 15.0. The Morgan fingerprint density at radius 2 is 2.10 bits per heavy atom. The highest BCUT2D eigenvalue weighted by molar-refractivity contribution is 9.10. The van der Waals surface area contributed by atoms with Gasteiger partial charge in [0.05, 0.1) is 5.92 Å². The molecule has 2 heterocycles. The largest absolute Gasteiger partial charge is 0.296 e. The van der Waals surface area contributed by atoms with Gasteiger partial charge in [-0.3, -0.25) is 14.9 Å². The summed E-state index contributed by atoms with van der Waals surface area (Å²) in [5.41, 5.74) is 0.835. The lowest BCUT2D eigenvalue weighted by Gasteiger charge is -2.29. The van der Waals surface area contributed by atoms with Crippen molar-refractivity contribution in [1.82, 2.24) is 5.32 Å². The van der Waals surface area contributed by atoms with Gasteiger partial charge < -0.3 is 0 Å². The van der Waals surface area contributed by atoms with Crippen LogP contribution in [0.25, 0.3) is 0 Å². The van der Waals surface area contributed by atoms with Crippen molar-refractivity contribution in [2.24, 2.45) is 0 Å². The highest BCUT2D eigenvalue weighted by Crippen LogP contribution is 2.42. The van der Waals surface area contributed by atoms with E-state index < -0.39 is 5.92 Å². The number of rotatable bonds is 2. The summed E-state index contributed by atoms with van der Waals surface area (Å²) in [6.07, 6.45) is 0.301. The lowest BCUT2D eigenvalue weighted by atomic mass is 9.79. The molecule has 0 radical (unpaired) electrons. The molecule has 2 amide bonds. The van der Waals surface area contributed by atoms with Crippen LogP contribution in [0.3, 0.4) is 0 Å². The molecule has 1 aromatic heterocycles. The van der Waals surface area contributed by atoms with Gasteiger partial charge in [0.1, 0.15) is 0 Å². The van der Waals surface area contributed by atoms with Crippen molar-refractivity contribution in [3.8, 4) is 0 Å². The fourth-order valence-electron chi connectivity index (χ4n) is 2.64. The maximum absolute atomic E-state index is 12.3. The third kappa shape index (κ3) is 3.05. The highest BCUT2D eigenvalue weighted by Gasteiger charge is 2.38. The molecule has 0 saturated carbocycles. The Morgan fingerprint density at radius 3 is 2.76 bits per heavy atom. The van der Waals surface area contributed by atoms with Crippen molar-refractivity contribution in [3.05, 3.63) is 55.6 Å². The molecule has 1 aromatic carbocycles. The van der Waals surface area contributed by atoms with Crippen LogP contribution in [0, 0.1) is 0 Å². The summed E-state index contributed by atoms with van der Waals surface area (Å²) >= 11 is 11.0. The maximum Gasteiger partial charge on any atom is 0.234 e. The first-order valence-corrected chi connectivity index (χ1v) is 8.43. The lowest BCUT2D eigenvalue weighted by molar-refractivity contribution is -0.135. The quantitative estimate of drug-likeness (QED) is 0.793. The summed E-state index contributed by atoms with van der Waals surface area (Å²) < 4.78 is 0.964. The van der Waals surface area contributed by atoms with E-state index in [2.05, 4.69) is 21.2 Å². The second-order valence-corrected chi connectivity index (χ2v) is 7.22. The molecule has 3 rings (SSSR count). The smallest absolute Gasteiger partial charge is 0.234 e. The van der Waals surface area contributed by atoms with Gasteiger partial charge in [0, 0.05) is 32.1 Å². The standard InChI is InChI=1S/C15H11BrClNO2S/c16-9-5-12(21-7-9)11-6-13(19)18-15(20)14(11)8-2-1-3-10(17)4-8/h1-5,7,11,14H,6H2,(H,18,19,20). The second kappa shape index (κ2) is 5.91. The number of amides is 2. The average molecular weight is 385 g/mol. The summed E-state index contributed by atoms with van der Waals surface area (Å²) in [6, 6.07) is 9.23. The summed E-state index contributed by atoms with van der Waals surface area (Å²) in [4.78, 5) is 25.1. The number of hydrogen-bond donors (Lipinski definition) is 1. The molecule has 2 atom stereocenters. The summed E-state index contributed by atoms with van der Waals surface area (Å²) in [7, 11) is 0. The molecule has 2 aromatic rings. The molecule has 108 valence electrons. The predicted octanol–water partition coefficient (Wildman–Crippen LogP) is 4.08. The Bertz CT molecular complexity index is 715. The number of imide groups is 1. The monoisotopic (exact) mass is 383 g/mol. The number of piperidine rings is 1. The molecule has 0 spiro atoms. The summed E-state index contributed by atoms with van der Waals surface area (Å²) in [5, 5.41) is 4.97. The molecule has 0 aliphatic carbocycles. The van der Waals surface area contributed by atoms with Crippen molar-refractivity contribution < 1.29 is 9.59 Å². The van der Waals surface area contributed by atoms with Gasteiger partial charge in [0.2, 0.25) is 11.8 Å². The molecule has 1 aliphatic heterocycles. The zero-order valence-electron chi connectivity index (χ0n) is 10.8. The van der Waals surface area contributed by atoms with Crippen molar-refractivity contribution in [2.75, 3.05) is 0 Å². The molecule has 3 nitrogen and oxygen atoms in total. The van der Waals surface area contributed by atoms with Crippen LogP contribution < -0.4 is 5.32 Å². The zero-order valence-corrected chi connectivity index (χ0v) is 14.0. The van der Waals surface area contributed by atoms with Crippen molar-refractivity contribution in [3.63, 3.8) is 0 Å². The van der Waals surface area contributed by atoms with Gasteiger partial charge in [-0.05, 0) is 39.7 Å². The van der Waals surface area contributed by atoms with Crippen molar-refractivity contribution in [1.29, 1.82) is 0 Å². The lowest BCUT2D eigenvalue weighted by Crippen LogP contribution is -2.43. The van der Waals surface area contributed by atoms with E-state index in [9.17, 15) is 9.59 Å². The molecule has 0 bridgehead atoms. The van der Waals surface area contributed by atoms with E-state index >= 15 is 0 Å². The molecule has 1 aliphatic rings. The van der Waals surface area contributed by atoms with E-state index in [0.717, 1.165) is 14.9 Å². The number of carbonyl (C=O) groups is 2. The van der Waals surface area contributed by atoms with Crippen LogP contribution >= 0.6 is 38.9 Å². The highest BCUT2D eigenvalue weighted by atomic mass is 79.9. The van der Waals surface area contributed by atoms with Crippen LogP contribution in [0.1, 0.15) is 28.7 Å². The maximum atomic E-state index is 12.3. The fraction of sp³-hybridized carbons (Fsp3) is 0.200. The first-order chi connectivity index (χ1) is 10.0. The van der Waals surface area contributed by atoms with Crippen molar-refractivity contribution in [2.45, 2.75) is 18.3 Å². The molecular weight excluding hydrogens is 374 g/mol.